The van der Waals surface area contributed by atoms with Gasteiger partial charge in [0, 0.05) is 16.5 Å². The fourth-order valence-corrected chi connectivity index (χ4v) is 2.92. The molecule has 1 amide bonds. The van der Waals surface area contributed by atoms with E-state index in [9.17, 15) is 9.59 Å². The maximum atomic E-state index is 12.3. The number of hydrogen-bond acceptors (Lipinski definition) is 4. The Bertz CT molecular complexity index is 784. The number of carbonyl (C=O) groups is 2. The van der Waals surface area contributed by atoms with Crippen LogP contribution in [-0.2, 0) is 27.4 Å². The van der Waals surface area contributed by atoms with Crippen LogP contribution in [0.2, 0.25) is 10.0 Å². The zero-order valence-corrected chi connectivity index (χ0v) is 16.5. The van der Waals surface area contributed by atoms with Gasteiger partial charge in [0.25, 0.3) is 0 Å². The zero-order chi connectivity index (χ0) is 19.8. The summed E-state index contributed by atoms with van der Waals surface area (Å²) in [6.07, 6.45) is 0.259. The van der Waals surface area contributed by atoms with Crippen molar-refractivity contribution in [1.82, 2.24) is 5.32 Å². The van der Waals surface area contributed by atoms with Crippen LogP contribution >= 0.6 is 23.2 Å². The molecule has 0 aliphatic carbocycles. The molecule has 5 nitrogen and oxygen atoms in total. The molecule has 0 fully saturated rings. The van der Waals surface area contributed by atoms with Gasteiger partial charge >= 0.3 is 0 Å². The van der Waals surface area contributed by atoms with Crippen LogP contribution in [0.3, 0.4) is 0 Å². The molecule has 0 aliphatic rings. The number of nitrogens with one attached hydrogen (secondary N) is 1. The van der Waals surface area contributed by atoms with Crippen LogP contribution in [0.4, 0.5) is 0 Å². The average molecular weight is 409 g/mol. The van der Waals surface area contributed by atoms with Crippen molar-refractivity contribution in [2.75, 3.05) is 6.61 Å². The summed E-state index contributed by atoms with van der Waals surface area (Å²) in [6.45, 7) is 1.82. The number of rotatable bonds is 9. The zero-order valence-electron chi connectivity index (χ0n) is 15.0. The summed E-state index contributed by atoms with van der Waals surface area (Å²) in [4.78, 5) is 24.2. The SMILES string of the molecule is CC(=O)[C@@H](Cc1ccc(Cl)cc1Cl)NC(=O)[C@@H](N)COCc1ccccc1. The predicted molar refractivity (Wildman–Crippen MR) is 107 cm³/mol. The summed E-state index contributed by atoms with van der Waals surface area (Å²) in [6, 6.07) is 13.0. The van der Waals surface area contributed by atoms with Gasteiger partial charge < -0.3 is 15.8 Å². The second kappa shape index (κ2) is 10.4. The number of ketones is 1. The fourth-order valence-electron chi connectivity index (χ4n) is 2.44. The molecule has 2 aromatic rings. The Hall–Kier alpha value is -1.92. The van der Waals surface area contributed by atoms with Gasteiger partial charge in [0.1, 0.15) is 6.04 Å². The highest BCUT2D eigenvalue weighted by Gasteiger charge is 2.22. The highest BCUT2D eigenvalue weighted by Crippen LogP contribution is 2.22. The van der Waals surface area contributed by atoms with E-state index in [2.05, 4.69) is 5.32 Å². The molecule has 0 bridgehead atoms. The van der Waals surface area contributed by atoms with Crippen molar-refractivity contribution >= 4 is 34.9 Å². The summed E-state index contributed by atoms with van der Waals surface area (Å²) in [5.41, 5.74) is 7.59. The summed E-state index contributed by atoms with van der Waals surface area (Å²) in [5, 5.41) is 3.62. The summed E-state index contributed by atoms with van der Waals surface area (Å²) in [7, 11) is 0. The number of benzene rings is 2. The predicted octanol–water partition coefficient (Wildman–Crippen LogP) is 3.15. The molecule has 0 unspecified atom stereocenters. The maximum Gasteiger partial charge on any atom is 0.239 e. The second-order valence-corrected chi connectivity index (χ2v) is 7.06. The third kappa shape index (κ3) is 6.96. The molecule has 0 aromatic heterocycles. The lowest BCUT2D eigenvalue weighted by molar-refractivity contribution is -0.128. The first-order valence-corrected chi connectivity index (χ1v) is 9.24. The van der Waals surface area contributed by atoms with Crippen molar-refractivity contribution in [3.8, 4) is 0 Å². The van der Waals surface area contributed by atoms with Gasteiger partial charge in [-0.1, -0.05) is 59.6 Å². The highest BCUT2D eigenvalue weighted by atomic mass is 35.5. The third-order valence-electron chi connectivity index (χ3n) is 3.99. The lowest BCUT2D eigenvalue weighted by Gasteiger charge is -2.19. The average Bonchev–Trinajstić information content (AvgIpc) is 2.63. The first-order chi connectivity index (χ1) is 12.9. The quantitative estimate of drug-likeness (QED) is 0.667. The number of ether oxygens (including phenoxy) is 1. The Balaban J connectivity index is 1.88. The molecule has 0 saturated heterocycles. The summed E-state index contributed by atoms with van der Waals surface area (Å²) in [5.74, 6) is -0.639. The van der Waals surface area contributed by atoms with Gasteiger partial charge in [-0.3, -0.25) is 9.59 Å². The topological polar surface area (TPSA) is 81.4 Å². The van der Waals surface area contributed by atoms with Gasteiger partial charge in [-0.05, 0) is 30.2 Å². The van der Waals surface area contributed by atoms with Gasteiger partial charge in [0.05, 0.1) is 19.3 Å². The molecule has 0 aliphatic heterocycles. The van der Waals surface area contributed by atoms with Gasteiger partial charge in [0.2, 0.25) is 5.91 Å². The van der Waals surface area contributed by atoms with E-state index >= 15 is 0 Å². The van der Waals surface area contributed by atoms with Gasteiger partial charge in [-0.25, -0.2) is 0 Å². The number of Topliss-reactive ketones (excluding diaryl/α,β-unsaturated/α-hetero) is 1. The maximum absolute atomic E-state index is 12.3. The van der Waals surface area contributed by atoms with Crippen molar-refractivity contribution in [3.05, 3.63) is 69.7 Å². The number of amides is 1. The molecule has 2 atom stereocenters. The summed E-state index contributed by atoms with van der Waals surface area (Å²) >= 11 is 12.0. The van der Waals surface area contributed by atoms with E-state index in [1.165, 1.54) is 6.92 Å². The molecule has 0 spiro atoms. The Labute approximate surface area is 168 Å². The number of nitrogens with two attached hydrogens (primary N) is 1. The van der Waals surface area contributed by atoms with Crippen molar-refractivity contribution in [3.63, 3.8) is 0 Å². The molecule has 0 heterocycles. The second-order valence-electron chi connectivity index (χ2n) is 6.22. The Morgan fingerprint density at radius 2 is 1.85 bits per heavy atom. The molecule has 7 heteroatoms. The van der Waals surface area contributed by atoms with Crippen LogP contribution in [0.5, 0.6) is 0 Å². The first kappa shape index (κ1) is 21.4. The van der Waals surface area contributed by atoms with Crippen LogP contribution in [0.25, 0.3) is 0 Å². The third-order valence-corrected chi connectivity index (χ3v) is 4.58. The first-order valence-electron chi connectivity index (χ1n) is 8.49. The molecule has 144 valence electrons. The van der Waals surface area contributed by atoms with E-state index in [0.29, 0.717) is 16.7 Å². The lowest BCUT2D eigenvalue weighted by Crippen LogP contribution is -2.50. The van der Waals surface area contributed by atoms with Crippen LogP contribution in [0.15, 0.2) is 48.5 Å². The van der Waals surface area contributed by atoms with Gasteiger partial charge in [-0.15, -0.1) is 0 Å². The molecule has 27 heavy (non-hydrogen) atoms. The minimum atomic E-state index is -0.878. The normalized spacial score (nSPS) is 13.0. The molecule has 2 aromatic carbocycles. The van der Waals surface area contributed by atoms with Crippen LogP contribution in [-0.4, -0.2) is 30.4 Å². The van der Waals surface area contributed by atoms with E-state index in [1.807, 2.05) is 30.3 Å². The Kier molecular flexibility index (Phi) is 8.25. The smallest absolute Gasteiger partial charge is 0.239 e. The van der Waals surface area contributed by atoms with E-state index in [0.717, 1.165) is 11.1 Å². The van der Waals surface area contributed by atoms with E-state index in [1.54, 1.807) is 18.2 Å². The Morgan fingerprint density at radius 3 is 2.48 bits per heavy atom. The molecule has 2 rings (SSSR count). The molecule has 0 radical (unpaired) electrons. The number of hydrogen-bond donors (Lipinski definition) is 2. The highest BCUT2D eigenvalue weighted by molar-refractivity contribution is 6.35. The largest absolute Gasteiger partial charge is 0.375 e. The van der Waals surface area contributed by atoms with Crippen molar-refractivity contribution in [1.29, 1.82) is 0 Å². The number of halogens is 2. The minimum absolute atomic E-state index is 0.0487. The van der Waals surface area contributed by atoms with Crippen molar-refractivity contribution in [2.24, 2.45) is 5.73 Å². The van der Waals surface area contributed by atoms with E-state index in [4.69, 9.17) is 33.7 Å². The van der Waals surface area contributed by atoms with Crippen molar-refractivity contribution < 1.29 is 14.3 Å². The van der Waals surface area contributed by atoms with Crippen molar-refractivity contribution in [2.45, 2.75) is 32.0 Å². The van der Waals surface area contributed by atoms with E-state index in [-0.39, 0.29) is 18.8 Å². The minimum Gasteiger partial charge on any atom is -0.375 e. The molecular weight excluding hydrogens is 387 g/mol. The Morgan fingerprint density at radius 1 is 1.15 bits per heavy atom. The monoisotopic (exact) mass is 408 g/mol. The van der Waals surface area contributed by atoms with Crippen LogP contribution in [0, 0.1) is 0 Å². The lowest BCUT2D eigenvalue weighted by atomic mass is 10.0. The van der Waals surface area contributed by atoms with Crippen LogP contribution < -0.4 is 11.1 Å². The summed E-state index contributed by atoms with van der Waals surface area (Å²) < 4.78 is 5.49. The van der Waals surface area contributed by atoms with Gasteiger partial charge in [-0.2, -0.15) is 0 Å². The van der Waals surface area contributed by atoms with Crippen LogP contribution in [0.1, 0.15) is 18.1 Å². The fraction of sp³-hybridized carbons (Fsp3) is 0.300. The molecule has 0 saturated carbocycles. The number of carbonyl (C=O) groups excluding carboxylic acids is 2. The van der Waals surface area contributed by atoms with Gasteiger partial charge in [0.15, 0.2) is 5.78 Å². The standard InChI is InChI=1S/C20H22Cl2N2O3/c1-13(25)19(9-15-7-8-16(21)10-17(15)22)24-20(26)18(23)12-27-11-14-5-3-2-4-6-14/h2-8,10,18-19H,9,11-12,23H2,1H3,(H,24,26)/t18-,19+/m0/s1. The molecular formula is C20H22Cl2N2O3. The van der Waals surface area contributed by atoms with E-state index < -0.39 is 18.0 Å². The molecule has 3 N–H and O–H groups in total.